The van der Waals surface area contributed by atoms with Crippen molar-refractivity contribution in [1.29, 1.82) is 0 Å². The Morgan fingerprint density at radius 3 is 2.79 bits per heavy atom. The van der Waals surface area contributed by atoms with Crippen molar-refractivity contribution in [1.82, 2.24) is 9.97 Å². The van der Waals surface area contributed by atoms with E-state index in [0.717, 1.165) is 0 Å². The highest BCUT2D eigenvalue weighted by Gasteiger charge is 2.10. The quantitative estimate of drug-likeness (QED) is 0.795. The summed E-state index contributed by atoms with van der Waals surface area (Å²) in [7, 11) is 1.25. The molecule has 0 aliphatic heterocycles. The number of aryl methyl sites for hydroxylation is 1. The number of carbonyl (C=O) groups is 1. The first-order valence-corrected chi connectivity index (χ1v) is 5.44. The Bertz CT molecular complexity index is 617. The molecule has 0 fully saturated rings. The molecular formula is C13H11FN2O3. The molecule has 0 unspecified atom stereocenters. The molecule has 6 heteroatoms. The standard InChI is InChI=1S/C13H11FN2O3/c1-8-5-9(14)3-4-11(8)19-12-7-15-6-10(16-12)13(17)18-2/h3-7H,1-2H3. The number of halogens is 1. The summed E-state index contributed by atoms with van der Waals surface area (Å²) in [6.45, 7) is 1.70. The summed E-state index contributed by atoms with van der Waals surface area (Å²) in [5.41, 5.74) is 0.657. The second-order valence-electron chi connectivity index (χ2n) is 3.75. The van der Waals surface area contributed by atoms with Gasteiger partial charge in [0.15, 0.2) is 5.69 Å². The number of ether oxygens (including phenoxy) is 2. The Labute approximate surface area is 109 Å². The third-order valence-corrected chi connectivity index (χ3v) is 2.36. The fourth-order valence-electron chi connectivity index (χ4n) is 1.44. The molecule has 19 heavy (non-hydrogen) atoms. The number of esters is 1. The number of hydrogen-bond donors (Lipinski definition) is 0. The van der Waals surface area contributed by atoms with E-state index in [9.17, 15) is 9.18 Å². The minimum Gasteiger partial charge on any atom is -0.464 e. The minimum atomic E-state index is -0.603. The van der Waals surface area contributed by atoms with Gasteiger partial charge in [-0.15, -0.1) is 0 Å². The molecule has 0 atom stereocenters. The molecule has 5 nitrogen and oxygen atoms in total. The molecule has 0 N–H and O–H groups in total. The lowest BCUT2D eigenvalue weighted by Gasteiger charge is -2.08. The van der Waals surface area contributed by atoms with Crippen molar-refractivity contribution in [2.45, 2.75) is 6.92 Å². The summed E-state index contributed by atoms with van der Waals surface area (Å²) in [5, 5.41) is 0. The van der Waals surface area contributed by atoms with Gasteiger partial charge < -0.3 is 9.47 Å². The van der Waals surface area contributed by atoms with Crippen molar-refractivity contribution < 1.29 is 18.7 Å². The minimum absolute atomic E-state index is 0.0414. The first kappa shape index (κ1) is 12.9. The monoisotopic (exact) mass is 262 g/mol. The summed E-state index contributed by atoms with van der Waals surface area (Å²) < 4.78 is 22.9. The predicted molar refractivity (Wildman–Crippen MR) is 64.6 cm³/mol. The van der Waals surface area contributed by atoms with Gasteiger partial charge in [-0.25, -0.2) is 14.2 Å². The molecule has 1 heterocycles. The number of aromatic nitrogens is 2. The van der Waals surface area contributed by atoms with Gasteiger partial charge in [0, 0.05) is 0 Å². The maximum atomic E-state index is 13.0. The van der Waals surface area contributed by atoms with Crippen molar-refractivity contribution in [3.8, 4) is 11.6 Å². The van der Waals surface area contributed by atoms with Gasteiger partial charge in [-0.2, -0.15) is 0 Å². The first-order valence-electron chi connectivity index (χ1n) is 5.44. The Balaban J connectivity index is 2.26. The van der Waals surface area contributed by atoms with Crippen molar-refractivity contribution in [2.75, 3.05) is 7.11 Å². The molecule has 98 valence electrons. The van der Waals surface area contributed by atoms with Crippen LogP contribution >= 0.6 is 0 Å². The van der Waals surface area contributed by atoms with E-state index in [0.29, 0.717) is 11.3 Å². The van der Waals surface area contributed by atoms with Crippen molar-refractivity contribution in [3.63, 3.8) is 0 Å². The molecule has 1 aromatic heterocycles. The molecule has 0 aliphatic rings. The maximum Gasteiger partial charge on any atom is 0.358 e. The highest BCUT2D eigenvalue weighted by Crippen LogP contribution is 2.23. The van der Waals surface area contributed by atoms with Crippen molar-refractivity contribution >= 4 is 5.97 Å². The highest BCUT2D eigenvalue weighted by molar-refractivity contribution is 5.86. The number of carbonyl (C=O) groups excluding carboxylic acids is 1. The second kappa shape index (κ2) is 5.43. The molecule has 0 spiro atoms. The third kappa shape index (κ3) is 3.04. The van der Waals surface area contributed by atoms with Crippen LogP contribution in [0, 0.1) is 12.7 Å². The van der Waals surface area contributed by atoms with Crippen LogP contribution in [0.3, 0.4) is 0 Å². The van der Waals surface area contributed by atoms with Crippen LogP contribution < -0.4 is 4.74 Å². The van der Waals surface area contributed by atoms with Crippen LogP contribution in [0.4, 0.5) is 4.39 Å². The summed E-state index contributed by atoms with van der Waals surface area (Å²) in [5.74, 6) is -0.372. The van der Waals surface area contributed by atoms with Gasteiger partial charge in [0.1, 0.15) is 11.6 Å². The number of methoxy groups -OCH3 is 1. The topological polar surface area (TPSA) is 61.3 Å². The number of nitrogens with zero attached hydrogens (tertiary/aromatic N) is 2. The van der Waals surface area contributed by atoms with Crippen LogP contribution in [0.1, 0.15) is 16.1 Å². The van der Waals surface area contributed by atoms with Gasteiger partial charge in [0.05, 0.1) is 19.5 Å². The van der Waals surface area contributed by atoms with Crippen LogP contribution in [0.5, 0.6) is 11.6 Å². The van der Waals surface area contributed by atoms with Crippen molar-refractivity contribution in [3.05, 3.63) is 47.7 Å². The average Bonchev–Trinajstić information content (AvgIpc) is 2.41. The summed E-state index contributed by atoms with van der Waals surface area (Å²) in [6.07, 6.45) is 2.63. The number of rotatable bonds is 3. The van der Waals surface area contributed by atoms with Gasteiger partial charge in [0.25, 0.3) is 0 Å². The van der Waals surface area contributed by atoms with E-state index in [1.165, 1.54) is 37.7 Å². The van der Waals surface area contributed by atoms with Gasteiger partial charge in [-0.1, -0.05) is 0 Å². The van der Waals surface area contributed by atoms with E-state index >= 15 is 0 Å². The molecule has 0 saturated heterocycles. The zero-order valence-corrected chi connectivity index (χ0v) is 10.4. The van der Waals surface area contributed by atoms with Gasteiger partial charge in [-0.05, 0) is 30.7 Å². The molecule has 0 amide bonds. The largest absolute Gasteiger partial charge is 0.464 e. The molecule has 1 aromatic carbocycles. The molecular weight excluding hydrogens is 251 g/mol. The molecule has 2 aromatic rings. The molecule has 0 bridgehead atoms. The maximum absolute atomic E-state index is 13.0. The Kier molecular flexibility index (Phi) is 3.70. The number of benzene rings is 1. The van der Waals surface area contributed by atoms with Crippen LogP contribution in [-0.2, 0) is 4.74 Å². The van der Waals surface area contributed by atoms with E-state index in [1.807, 2.05) is 0 Å². The average molecular weight is 262 g/mol. The molecule has 2 rings (SSSR count). The highest BCUT2D eigenvalue weighted by atomic mass is 19.1. The number of hydrogen-bond acceptors (Lipinski definition) is 5. The summed E-state index contributed by atoms with van der Waals surface area (Å²) >= 11 is 0. The summed E-state index contributed by atoms with van der Waals surface area (Å²) in [6, 6.07) is 4.10. The van der Waals surface area contributed by atoms with E-state index in [1.54, 1.807) is 6.92 Å². The first-order chi connectivity index (χ1) is 9.10. The molecule has 0 saturated carbocycles. The molecule has 0 aliphatic carbocycles. The lowest BCUT2D eigenvalue weighted by atomic mass is 10.2. The van der Waals surface area contributed by atoms with Gasteiger partial charge in [-0.3, -0.25) is 4.98 Å². The Hall–Kier alpha value is -2.50. The van der Waals surface area contributed by atoms with Crippen LogP contribution in [0.15, 0.2) is 30.6 Å². The summed E-state index contributed by atoms with van der Waals surface area (Å²) in [4.78, 5) is 19.1. The fraction of sp³-hybridized carbons (Fsp3) is 0.154. The van der Waals surface area contributed by atoms with Crippen molar-refractivity contribution in [2.24, 2.45) is 0 Å². The zero-order chi connectivity index (χ0) is 13.8. The second-order valence-corrected chi connectivity index (χ2v) is 3.75. The lowest BCUT2D eigenvalue weighted by Crippen LogP contribution is -2.05. The van der Waals surface area contributed by atoms with E-state index in [-0.39, 0.29) is 17.4 Å². The predicted octanol–water partition coefficient (Wildman–Crippen LogP) is 2.50. The lowest BCUT2D eigenvalue weighted by molar-refractivity contribution is 0.0592. The van der Waals surface area contributed by atoms with Crippen LogP contribution in [0.2, 0.25) is 0 Å². The van der Waals surface area contributed by atoms with E-state index in [2.05, 4.69) is 14.7 Å². The van der Waals surface area contributed by atoms with Crippen LogP contribution in [0.25, 0.3) is 0 Å². The molecule has 0 radical (unpaired) electrons. The van der Waals surface area contributed by atoms with E-state index in [4.69, 9.17) is 4.74 Å². The Morgan fingerprint density at radius 1 is 1.32 bits per heavy atom. The normalized spacial score (nSPS) is 10.1. The third-order valence-electron chi connectivity index (χ3n) is 2.36. The zero-order valence-electron chi connectivity index (χ0n) is 10.4. The van der Waals surface area contributed by atoms with Gasteiger partial charge >= 0.3 is 5.97 Å². The van der Waals surface area contributed by atoms with E-state index < -0.39 is 5.97 Å². The fourth-order valence-corrected chi connectivity index (χ4v) is 1.44. The Morgan fingerprint density at radius 2 is 2.11 bits per heavy atom. The van der Waals surface area contributed by atoms with Crippen LogP contribution in [-0.4, -0.2) is 23.0 Å². The van der Waals surface area contributed by atoms with Gasteiger partial charge in [0.2, 0.25) is 5.88 Å². The smallest absolute Gasteiger partial charge is 0.358 e. The SMILES string of the molecule is COC(=O)c1cncc(Oc2ccc(F)cc2C)n1.